The molecule has 0 saturated carbocycles. The molecular formula is C17H18N6OS. The molecule has 0 aliphatic heterocycles. The lowest BCUT2D eigenvalue weighted by atomic mass is 10.2. The number of anilines is 5. The molecule has 25 heavy (non-hydrogen) atoms. The van der Waals surface area contributed by atoms with Crippen molar-refractivity contribution in [2.75, 3.05) is 23.0 Å². The second-order valence-corrected chi connectivity index (χ2v) is 6.41. The molecule has 1 unspecified atom stereocenters. The lowest BCUT2D eigenvalue weighted by molar-refractivity contribution is 0.684. The van der Waals surface area contributed by atoms with Crippen LogP contribution in [0.2, 0.25) is 0 Å². The Morgan fingerprint density at radius 1 is 1.12 bits per heavy atom. The molecule has 3 aromatic rings. The van der Waals surface area contributed by atoms with Gasteiger partial charge in [-0.1, -0.05) is 6.07 Å². The number of nitrogens with one attached hydrogen (secondary N) is 1. The number of benzene rings is 2. The quantitative estimate of drug-likeness (QED) is 0.607. The van der Waals surface area contributed by atoms with Gasteiger partial charge in [0.25, 0.3) is 0 Å². The Morgan fingerprint density at radius 2 is 1.88 bits per heavy atom. The summed E-state index contributed by atoms with van der Waals surface area (Å²) < 4.78 is 11.4. The summed E-state index contributed by atoms with van der Waals surface area (Å²) in [5, 5.41) is 8.51. The number of nitrogens with zero attached hydrogens (tertiary/aromatic N) is 3. The molecule has 0 spiro atoms. The zero-order valence-corrected chi connectivity index (χ0v) is 14.4. The summed E-state index contributed by atoms with van der Waals surface area (Å²) >= 11 is 0. The Hall–Kier alpha value is -2.97. The Kier molecular flexibility index (Phi) is 4.92. The second-order valence-electron chi connectivity index (χ2n) is 5.34. The van der Waals surface area contributed by atoms with Crippen LogP contribution < -0.4 is 21.1 Å². The summed E-state index contributed by atoms with van der Waals surface area (Å²) in [5.41, 5.74) is 8.10. The predicted octanol–water partition coefficient (Wildman–Crippen LogP) is 2.55. The molecule has 128 valence electrons. The van der Waals surface area contributed by atoms with Gasteiger partial charge >= 0.3 is 0 Å². The first kappa shape index (κ1) is 16.9. The molecule has 0 saturated heterocycles. The van der Waals surface area contributed by atoms with Crippen molar-refractivity contribution in [3.05, 3.63) is 60.8 Å². The summed E-state index contributed by atoms with van der Waals surface area (Å²) in [6, 6.07) is 16.3. The first-order valence-corrected chi connectivity index (χ1v) is 8.70. The van der Waals surface area contributed by atoms with Crippen LogP contribution in [0.25, 0.3) is 0 Å². The zero-order chi connectivity index (χ0) is 17.8. The van der Waals surface area contributed by atoms with Crippen LogP contribution in [0.3, 0.4) is 0 Å². The Balaban J connectivity index is 1.83. The molecule has 0 fully saturated rings. The number of nitrogens with two attached hydrogens (primary N) is 2. The van der Waals surface area contributed by atoms with E-state index in [-0.39, 0.29) is 0 Å². The number of hydrogen-bond acceptors (Lipinski definition) is 6. The first-order chi connectivity index (χ1) is 12.0. The van der Waals surface area contributed by atoms with Crippen molar-refractivity contribution >= 4 is 39.8 Å². The van der Waals surface area contributed by atoms with E-state index < -0.39 is 11.0 Å². The van der Waals surface area contributed by atoms with Crippen molar-refractivity contribution in [2.24, 2.45) is 5.14 Å². The van der Waals surface area contributed by atoms with Gasteiger partial charge in [0.15, 0.2) is 0 Å². The fourth-order valence-corrected chi connectivity index (χ4v) is 2.71. The van der Waals surface area contributed by atoms with Gasteiger partial charge in [0.2, 0.25) is 5.95 Å². The third-order valence-corrected chi connectivity index (χ3v) is 4.31. The van der Waals surface area contributed by atoms with Gasteiger partial charge in [-0.3, -0.25) is 0 Å². The fraction of sp³-hybridized carbons (Fsp3) is 0.0588. The molecule has 0 aliphatic rings. The summed E-state index contributed by atoms with van der Waals surface area (Å²) in [5.74, 6) is 1.15. The maximum absolute atomic E-state index is 11.4. The maximum atomic E-state index is 11.4. The van der Waals surface area contributed by atoms with E-state index in [2.05, 4.69) is 15.3 Å². The smallest absolute Gasteiger partial charge is 0.229 e. The number of nitrogen functional groups attached to an aromatic ring is 1. The van der Waals surface area contributed by atoms with Gasteiger partial charge in [0.05, 0.1) is 4.90 Å². The predicted molar refractivity (Wildman–Crippen MR) is 101 cm³/mol. The van der Waals surface area contributed by atoms with Crippen LogP contribution in [-0.4, -0.2) is 21.2 Å². The van der Waals surface area contributed by atoms with E-state index in [9.17, 15) is 4.21 Å². The van der Waals surface area contributed by atoms with Crippen LogP contribution >= 0.6 is 0 Å². The molecule has 0 radical (unpaired) electrons. The van der Waals surface area contributed by atoms with E-state index in [1.54, 1.807) is 24.4 Å². The lowest BCUT2D eigenvalue weighted by Gasteiger charge is -2.19. The van der Waals surface area contributed by atoms with Gasteiger partial charge in [-0.05, 0) is 48.5 Å². The highest BCUT2D eigenvalue weighted by molar-refractivity contribution is 7.82. The summed E-state index contributed by atoms with van der Waals surface area (Å²) in [7, 11) is 0.377. The number of hydrogen-bond donors (Lipinski definition) is 3. The number of rotatable bonds is 5. The molecule has 1 aromatic heterocycles. The minimum Gasteiger partial charge on any atom is -0.399 e. The minimum atomic E-state index is -1.54. The van der Waals surface area contributed by atoms with Gasteiger partial charge < -0.3 is 16.0 Å². The first-order valence-electron chi connectivity index (χ1n) is 7.48. The SMILES string of the molecule is CN(c1ccc(N)cc1)c1ccnc(Nc2cccc(S(N)=O)c2)n1. The van der Waals surface area contributed by atoms with E-state index in [1.165, 1.54) is 0 Å². The highest BCUT2D eigenvalue weighted by Gasteiger charge is 2.08. The summed E-state index contributed by atoms with van der Waals surface area (Å²) in [4.78, 5) is 11.2. The van der Waals surface area contributed by atoms with E-state index in [0.717, 1.165) is 11.5 Å². The largest absolute Gasteiger partial charge is 0.399 e. The molecule has 1 heterocycles. The van der Waals surface area contributed by atoms with Crippen LogP contribution in [0.5, 0.6) is 0 Å². The van der Waals surface area contributed by atoms with Crippen LogP contribution in [0.4, 0.5) is 28.8 Å². The molecule has 0 amide bonds. The third kappa shape index (κ3) is 4.11. The van der Waals surface area contributed by atoms with Crippen molar-refractivity contribution in [3.8, 4) is 0 Å². The Morgan fingerprint density at radius 3 is 2.60 bits per heavy atom. The molecule has 0 bridgehead atoms. The fourth-order valence-electron chi connectivity index (χ4n) is 2.25. The molecule has 5 N–H and O–H groups in total. The average Bonchev–Trinajstić information content (AvgIpc) is 2.62. The van der Waals surface area contributed by atoms with Crippen LogP contribution in [0, 0.1) is 0 Å². The monoisotopic (exact) mass is 354 g/mol. The second kappa shape index (κ2) is 7.29. The lowest BCUT2D eigenvalue weighted by Crippen LogP contribution is -2.12. The zero-order valence-electron chi connectivity index (χ0n) is 13.6. The Labute approximate surface area is 148 Å². The van der Waals surface area contributed by atoms with Crippen LogP contribution in [-0.2, 0) is 11.0 Å². The maximum Gasteiger partial charge on any atom is 0.229 e. The van der Waals surface area contributed by atoms with Crippen LogP contribution in [0.1, 0.15) is 0 Å². The molecular weight excluding hydrogens is 336 g/mol. The van der Waals surface area contributed by atoms with Gasteiger partial charge in [-0.25, -0.2) is 14.3 Å². The molecule has 7 nitrogen and oxygen atoms in total. The highest BCUT2D eigenvalue weighted by Crippen LogP contribution is 2.24. The van der Waals surface area contributed by atoms with Crippen molar-refractivity contribution in [1.29, 1.82) is 0 Å². The van der Waals surface area contributed by atoms with Crippen molar-refractivity contribution in [3.63, 3.8) is 0 Å². The van der Waals surface area contributed by atoms with Gasteiger partial charge in [0, 0.05) is 30.3 Å². The molecule has 3 rings (SSSR count). The Bertz CT molecular complexity index is 900. The van der Waals surface area contributed by atoms with Crippen LogP contribution in [0.15, 0.2) is 65.7 Å². The molecule has 0 aliphatic carbocycles. The van der Waals surface area contributed by atoms with Crippen molar-refractivity contribution < 1.29 is 4.21 Å². The molecule has 1 atom stereocenters. The van der Waals surface area contributed by atoms with Gasteiger partial charge in [-0.2, -0.15) is 4.98 Å². The van der Waals surface area contributed by atoms with E-state index >= 15 is 0 Å². The minimum absolute atomic E-state index is 0.430. The molecule has 2 aromatic carbocycles. The van der Waals surface area contributed by atoms with Gasteiger partial charge in [0.1, 0.15) is 16.8 Å². The number of aromatic nitrogens is 2. The molecule has 8 heteroatoms. The highest BCUT2D eigenvalue weighted by atomic mass is 32.2. The normalized spacial score (nSPS) is 11.8. The van der Waals surface area contributed by atoms with E-state index in [1.807, 2.05) is 48.3 Å². The topological polar surface area (TPSA) is 110 Å². The van der Waals surface area contributed by atoms with Crippen molar-refractivity contribution in [2.45, 2.75) is 4.90 Å². The van der Waals surface area contributed by atoms with Gasteiger partial charge in [-0.15, -0.1) is 0 Å². The van der Waals surface area contributed by atoms with E-state index in [0.29, 0.717) is 22.2 Å². The average molecular weight is 354 g/mol. The standard InChI is InChI=1S/C17H18N6OS/c1-23(14-7-5-12(18)6-8-14)16-9-10-20-17(22-16)21-13-3-2-4-15(11-13)25(19)24/h2-11H,18-19H2,1H3,(H,20,21,22). The van der Waals surface area contributed by atoms with E-state index in [4.69, 9.17) is 10.9 Å². The summed E-state index contributed by atoms with van der Waals surface area (Å²) in [6.45, 7) is 0. The summed E-state index contributed by atoms with van der Waals surface area (Å²) in [6.07, 6.45) is 1.67. The third-order valence-electron chi connectivity index (χ3n) is 3.59. The van der Waals surface area contributed by atoms with Crippen molar-refractivity contribution in [1.82, 2.24) is 9.97 Å².